The van der Waals surface area contributed by atoms with Gasteiger partial charge in [-0.1, -0.05) is 66.2 Å². The van der Waals surface area contributed by atoms with E-state index >= 15 is 0 Å². The van der Waals surface area contributed by atoms with E-state index in [0.717, 1.165) is 28.7 Å². The van der Waals surface area contributed by atoms with Gasteiger partial charge in [0.1, 0.15) is 10.6 Å². The van der Waals surface area contributed by atoms with Crippen LogP contribution in [0.5, 0.6) is 5.75 Å². The summed E-state index contributed by atoms with van der Waals surface area (Å²) in [7, 11) is 0. The van der Waals surface area contributed by atoms with Gasteiger partial charge in [-0.2, -0.15) is 0 Å². The summed E-state index contributed by atoms with van der Waals surface area (Å²) in [6.07, 6.45) is 1.90. The van der Waals surface area contributed by atoms with Gasteiger partial charge in [0.05, 0.1) is 11.6 Å². The van der Waals surface area contributed by atoms with Crippen molar-refractivity contribution in [3.63, 3.8) is 0 Å². The zero-order chi connectivity index (χ0) is 20.1. The zero-order valence-electron chi connectivity index (χ0n) is 15.7. The van der Waals surface area contributed by atoms with Crippen LogP contribution in [0.3, 0.4) is 0 Å². The maximum absolute atomic E-state index is 12.7. The Kier molecular flexibility index (Phi) is 6.13. The predicted molar refractivity (Wildman–Crippen MR) is 121 cm³/mol. The summed E-state index contributed by atoms with van der Waals surface area (Å²) in [4.78, 5) is 13.2. The number of benzene rings is 3. The largest absolute Gasteiger partial charge is 0.494 e. The molecule has 0 fully saturated rings. The smallest absolute Gasteiger partial charge is 0.267 e. The first-order valence-corrected chi connectivity index (χ1v) is 10.7. The number of fused-ring (bicyclic) bond motifs is 1. The van der Waals surface area contributed by atoms with Crippen molar-refractivity contribution in [1.29, 1.82) is 0 Å². The standard InChI is InChI=1S/C24H20ClNO2S/c25-22-20-13-4-5-14-21(20)29-23(22)24(27)26-18-11-6-12-19(16-18)28-15-7-10-17-8-2-1-3-9-17/h1-6,8-9,11-14,16H,7,10,15H2,(H,26,27). The Balaban J connectivity index is 1.36. The van der Waals surface area contributed by atoms with Crippen LogP contribution in [0.15, 0.2) is 78.9 Å². The van der Waals surface area contributed by atoms with Crippen molar-refractivity contribution in [2.24, 2.45) is 0 Å². The monoisotopic (exact) mass is 421 g/mol. The van der Waals surface area contributed by atoms with Crippen LogP contribution < -0.4 is 10.1 Å². The molecule has 0 unspecified atom stereocenters. The number of ether oxygens (including phenoxy) is 1. The van der Waals surface area contributed by atoms with Crippen molar-refractivity contribution < 1.29 is 9.53 Å². The van der Waals surface area contributed by atoms with Gasteiger partial charge < -0.3 is 10.1 Å². The van der Waals surface area contributed by atoms with Gasteiger partial charge in [0.25, 0.3) is 5.91 Å². The van der Waals surface area contributed by atoms with Crippen LogP contribution in [0.1, 0.15) is 21.7 Å². The van der Waals surface area contributed by atoms with Crippen LogP contribution in [-0.4, -0.2) is 12.5 Å². The molecule has 3 nitrogen and oxygen atoms in total. The molecule has 0 aliphatic heterocycles. The number of amides is 1. The van der Waals surface area contributed by atoms with E-state index in [2.05, 4.69) is 17.4 Å². The summed E-state index contributed by atoms with van der Waals surface area (Å²) >= 11 is 7.80. The van der Waals surface area contributed by atoms with E-state index in [9.17, 15) is 4.79 Å². The molecule has 1 heterocycles. The highest BCUT2D eigenvalue weighted by Crippen LogP contribution is 2.35. The van der Waals surface area contributed by atoms with E-state index in [4.69, 9.17) is 16.3 Å². The van der Waals surface area contributed by atoms with Crippen LogP contribution in [0.4, 0.5) is 5.69 Å². The first kappa shape index (κ1) is 19.5. The lowest BCUT2D eigenvalue weighted by atomic mass is 10.1. The molecule has 1 aromatic heterocycles. The molecule has 0 radical (unpaired) electrons. The Hall–Kier alpha value is -2.82. The second kappa shape index (κ2) is 9.12. The van der Waals surface area contributed by atoms with Crippen molar-refractivity contribution in [3.05, 3.63) is 94.3 Å². The minimum Gasteiger partial charge on any atom is -0.494 e. The van der Waals surface area contributed by atoms with Gasteiger partial charge in [-0.3, -0.25) is 4.79 Å². The summed E-state index contributed by atoms with van der Waals surface area (Å²) < 4.78 is 6.85. The average Bonchev–Trinajstić information content (AvgIpc) is 3.09. The van der Waals surface area contributed by atoms with Gasteiger partial charge in [0.15, 0.2) is 0 Å². The Bertz CT molecular complexity index is 1120. The minimum atomic E-state index is -0.211. The van der Waals surface area contributed by atoms with Crippen LogP contribution in [0.2, 0.25) is 5.02 Å². The molecule has 1 N–H and O–H groups in total. The van der Waals surface area contributed by atoms with Crippen LogP contribution in [0.25, 0.3) is 10.1 Å². The van der Waals surface area contributed by atoms with E-state index in [1.165, 1.54) is 16.9 Å². The second-order valence-electron chi connectivity index (χ2n) is 6.66. The molecule has 0 saturated heterocycles. The molecule has 0 bridgehead atoms. The summed E-state index contributed by atoms with van der Waals surface area (Å²) in [5.74, 6) is 0.524. The molecule has 5 heteroatoms. The van der Waals surface area contributed by atoms with Crippen molar-refractivity contribution >= 4 is 44.6 Å². The number of thiophene rings is 1. The SMILES string of the molecule is O=C(Nc1cccc(OCCCc2ccccc2)c1)c1sc2ccccc2c1Cl. The molecule has 29 heavy (non-hydrogen) atoms. The third-order valence-corrected chi connectivity index (χ3v) is 6.23. The lowest BCUT2D eigenvalue weighted by molar-refractivity contribution is 0.103. The fourth-order valence-electron chi connectivity index (χ4n) is 3.12. The molecule has 3 aromatic carbocycles. The number of rotatable bonds is 7. The van der Waals surface area contributed by atoms with Crippen molar-refractivity contribution in [2.45, 2.75) is 12.8 Å². The molecule has 0 spiro atoms. The number of halogens is 1. The second-order valence-corrected chi connectivity index (χ2v) is 8.09. The number of carbonyl (C=O) groups is 1. The lowest BCUT2D eigenvalue weighted by Gasteiger charge is -2.09. The van der Waals surface area contributed by atoms with Gasteiger partial charge in [-0.25, -0.2) is 0 Å². The molecule has 0 aliphatic carbocycles. The fraction of sp³-hybridized carbons (Fsp3) is 0.125. The Morgan fingerprint density at radius 1 is 0.966 bits per heavy atom. The summed E-state index contributed by atoms with van der Waals surface area (Å²) in [6.45, 7) is 0.619. The van der Waals surface area contributed by atoms with E-state index in [1.54, 1.807) is 0 Å². The topological polar surface area (TPSA) is 38.3 Å². The first-order valence-electron chi connectivity index (χ1n) is 9.46. The summed E-state index contributed by atoms with van der Waals surface area (Å²) in [5.41, 5.74) is 1.99. The minimum absolute atomic E-state index is 0.211. The van der Waals surface area contributed by atoms with E-state index in [1.807, 2.05) is 66.7 Å². The van der Waals surface area contributed by atoms with Crippen molar-refractivity contribution in [1.82, 2.24) is 0 Å². The Morgan fingerprint density at radius 2 is 1.76 bits per heavy atom. The Labute approximate surface area is 178 Å². The van der Waals surface area contributed by atoms with Gasteiger partial charge >= 0.3 is 0 Å². The number of anilines is 1. The number of nitrogens with one attached hydrogen (secondary N) is 1. The lowest BCUT2D eigenvalue weighted by Crippen LogP contribution is -2.10. The quantitative estimate of drug-likeness (QED) is 0.332. The van der Waals surface area contributed by atoms with E-state index in [0.29, 0.717) is 22.2 Å². The number of hydrogen-bond donors (Lipinski definition) is 1. The van der Waals surface area contributed by atoms with Crippen LogP contribution in [-0.2, 0) is 6.42 Å². The molecule has 146 valence electrons. The van der Waals surface area contributed by atoms with E-state index in [-0.39, 0.29) is 5.91 Å². The Morgan fingerprint density at radius 3 is 2.59 bits per heavy atom. The maximum Gasteiger partial charge on any atom is 0.267 e. The normalized spacial score (nSPS) is 10.8. The summed E-state index contributed by atoms with van der Waals surface area (Å²) in [6, 6.07) is 25.5. The molecule has 4 rings (SSSR count). The molecule has 0 saturated carbocycles. The first-order chi connectivity index (χ1) is 14.2. The van der Waals surface area contributed by atoms with Crippen molar-refractivity contribution in [3.8, 4) is 5.75 Å². The fourth-order valence-corrected chi connectivity index (χ4v) is 4.53. The highest BCUT2D eigenvalue weighted by atomic mass is 35.5. The van der Waals surface area contributed by atoms with Gasteiger partial charge in [0, 0.05) is 21.8 Å². The third-order valence-electron chi connectivity index (χ3n) is 4.55. The third kappa shape index (κ3) is 4.78. The number of aryl methyl sites for hydroxylation is 1. The van der Waals surface area contributed by atoms with Crippen molar-refractivity contribution in [2.75, 3.05) is 11.9 Å². The summed E-state index contributed by atoms with van der Waals surface area (Å²) in [5, 5.41) is 4.32. The maximum atomic E-state index is 12.7. The molecule has 0 atom stereocenters. The molecular weight excluding hydrogens is 402 g/mol. The number of hydrogen-bond acceptors (Lipinski definition) is 3. The highest BCUT2D eigenvalue weighted by Gasteiger charge is 2.17. The molecule has 0 aliphatic rings. The predicted octanol–water partition coefficient (Wildman–Crippen LogP) is 6.82. The molecule has 4 aromatic rings. The van der Waals surface area contributed by atoms with Gasteiger partial charge in [-0.05, 0) is 36.6 Å². The molecular formula is C24H20ClNO2S. The van der Waals surface area contributed by atoms with Crippen LogP contribution in [0, 0.1) is 0 Å². The zero-order valence-corrected chi connectivity index (χ0v) is 17.3. The highest BCUT2D eigenvalue weighted by molar-refractivity contribution is 7.21. The van der Waals surface area contributed by atoms with Gasteiger partial charge in [0.2, 0.25) is 0 Å². The van der Waals surface area contributed by atoms with E-state index < -0.39 is 0 Å². The number of carbonyl (C=O) groups excluding carboxylic acids is 1. The average molecular weight is 422 g/mol. The molecule has 1 amide bonds. The van der Waals surface area contributed by atoms with Crippen LogP contribution >= 0.6 is 22.9 Å². The van der Waals surface area contributed by atoms with Gasteiger partial charge in [-0.15, -0.1) is 11.3 Å².